The fourth-order valence-electron chi connectivity index (χ4n) is 2.67. The van der Waals surface area contributed by atoms with Crippen LogP contribution in [0.1, 0.15) is 39.0 Å². The van der Waals surface area contributed by atoms with Crippen molar-refractivity contribution in [3.8, 4) is 0 Å². The van der Waals surface area contributed by atoms with Gasteiger partial charge in [0.2, 0.25) is 5.91 Å². The predicted octanol–water partition coefficient (Wildman–Crippen LogP) is 0.823. The zero-order valence-electron chi connectivity index (χ0n) is 12.6. The van der Waals surface area contributed by atoms with Crippen molar-refractivity contribution in [3.63, 3.8) is 0 Å². The second-order valence-electron chi connectivity index (χ2n) is 5.51. The number of hydrogen-bond donors (Lipinski definition) is 0. The highest BCUT2D eigenvalue weighted by molar-refractivity contribution is 5.76. The van der Waals surface area contributed by atoms with Crippen molar-refractivity contribution < 1.29 is 4.79 Å². The number of nitrogens with zero attached hydrogens (tertiary/aromatic N) is 3. The molecule has 1 amide bonds. The van der Waals surface area contributed by atoms with Crippen LogP contribution in [0, 0.1) is 0 Å². The SMILES string of the molecule is CCCn1ccc(=O)n(CC(=O)N2CCCCCC2)c1=O. The number of amides is 1. The Morgan fingerprint density at radius 2 is 1.81 bits per heavy atom. The molecular weight excluding hydrogens is 270 g/mol. The van der Waals surface area contributed by atoms with Crippen molar-refractivity contribution in [2.75, 3.05) is 13.1 Å². The molecular formula is C15H23N3O3. The van der Waals surface area contributed by atoms with Crippen LogP contribution in [0.3, 0.4) is 0 Å². The number of likely N-dealkylation sites (tertiary alicyclic amines) is 1. The van der Waals surface area contributed by atoms with E-state index in [1.54, 1.807) is 4.90 Å². The second kappa shape index (κ2) is 7.24. The lowest BCUT2D eigenvalue weighted by molar-refractivity contribution is -0.131. The monoisotopic (exact) mass is 293 g/mol. The average Bonchev–Trinajstić information content (AvgIpc) is 2.75. The minimum atomic E-state index is -0.407. The van der Waals surface area contributed by atoms with E-state index in [-0.39, 0.29) is 12.5 Å². The van der Waals surface area contributed by atoms with Crippen molar-refractivity contribution in [3.05, 3.63) is 33.1 Å². The predicted molar refractivity (Wildman–Crippen MR) is 80.3 cm³/mol. The van der Waals surface area contributed by atoms with Crippen LogP contribution in [0.2, 0.25) is 0 Å². The van der Waals surface area contributed by atoms with E-state index in [1.165, 1.54) is 16.8 Å². The van der Waals surface area contributed by atoms with E-state index in [0.717, 1.165) is 49.8 Å². The zero-order valence-corrected chi connectivity index (χ0v) is 12.6. The van der Waals surface area contributed by atoms with Crippen LogP contribution in [-0.2, 0) is 17.9 Å². The van der Waals surface area contributed by atoms with Crippen molar-refractivity contribution >= 4 is 5.91 Å². The van der Waals surface area contributed by atoms with Crippen LogP contribution in [0.5, 0.6) is 0 Å². The van der Waals surface area contributed by atoms with Gasteiger partial charge in [-0.15, -0.1) is 0 Å². The summed E-state index contributed by atoms with van der Waals surface area (Å²) in [5.74, 6) is -0.134. The van der Waals surface area contributed by atoms with Gasteiger partial charge in [-0.05, 0) is 19.3 Å². The molecule has 0 unspecified atom stereocenters. The van der Waals surface area contributed by atoms with E-state index >= 15 is 0 Å². The molecule has 0 atom stereocenters. The number of hydrogen-bond acceptors (Lipinski definition) is 3. The maximum Gasteiger partial charge on any atom is 0.331 e. The first-order chi connectivity index (χ1) is 10.1. The van der Waals surface area contributed by atoms with Gasteiger partial charge >= 0.3 is 5.69 Å². The lowest BCUT2D eigenvalue weighted by Crippen LogP contribution is -2.44. The summed E-state index contributed by atoms with van der Waals surface area (Å²) in [6.45, 7) is 3.82. The molecule has 21 heavy (non-hydrogen) atoms. The van der Waals surface area contributed by atoms with Gasteiger partial charge in [0.25, 0.3) is 5.56 Å². The Morgan fingerprint density at radius 1 is 1.14 bits per heavy atom. The summed E-state index contributed by atoms with van der Waals surface area (Å²) in [6.07, 6.45) is 6.57. The maximum atomic E-state index is 12.3. The van der Waals surface area contributed by atoms with Gasteiger partial charge in [-0.3, -0.25) is 14.2 Å². The summed E-state index contributed by atoms with van der Waals surface area (Å²) in [4.78, 5) is 38.2. The fraction of sp³-hybridized carbons (Fsp3) is 0.667. The van der Waals surface area contributed by atoms with Crippen LogP contribution in [0.4, 0.5) is 0 Å². The van der Waals surface area contributed by atoms with E-state index in [2.05, 4.69) is 0 Å². The minimum Gasteiger partial charge on any atom is -0.341 e. The molecule has 6 heteroatoms. The summed E-state index contributed by atoms with van der Waals surface area (Å²) < 4.78 is 2.53. The molecule has 1 aromatic heterocycles. The van der Waals surface area contributed by atoms with Crippen LogP contribution in [0.15, 0.2) is 21.9 Å². The van der Waals surface area contributed by atoms with Gasteiger partial charge in [0.15, 0.2) is 0 Å². The van der Waals surface area contributed by atoms with E-state index in [4.69, 9.17) is 0 Å². The molecule has 2 rings (SSSR count). The summed E-state index contributed by atoms with van der Waals surface area (Å²) >= 11 is 0. The quantitative estimate of drug-likeness (QED) is 0.825. The molecule has 0 aliphatic carbocycles. The first-order valence-corrected chi connectivity index (χ1v) is 7.71. The van der Waals surface area contributed by atoms with Crippen molar-refractivity contribution in [2.24, 2.45) is 0 Å². The van der Waals surface area contributed by atoms with Gasteiger partial charge < -0.3 is 9.47 Å². The van der Waals surface area contributed by atoms with Gasteiger partial charge in [-0.2, -0.15) is 0 Å². The topological polar surface area (TPSA) is 64.3 Å². The molecule has 0 saturated carbocycles. The molecule has 0 radical (unpaired) electrons. The molecule has 2 heterocycles. The number of aromatic nitrogens is 2. The number of aryl methyl sites for hydroxylation is 1. The highest BCUT2D eigenvalue weighted by Gasteiger charge is 2.17. The molecule has 1 aliphatic heterocycles. The Bertz CT molecular complexity index is 595. The Labute approximate surface area is 124 Å². The Balaban J connectivity index is 2.18. The van der Waals surface area contributed by atoms with Gasteiger partial charge in [-0.1, -0.05) is 19.8 Å². The Hall–Kier alpha value is -1.85. The highest BCUT2D eigenvalue weighted by atomic mass is 16.2. The van der Waals surface area contributed by atoms with Gasteiger partial charge in [0, 0.05) is 31.9 Å². The largest absolute Gasteiger partial charge is 0.341 e. The third-order valence-corrected chi connectivity index (χ3v) is 3.86. The number of carbonyl (C=O) groups excluding carboxylic acids is 1. The molecule has 0 N–H and O–H groups in total. The number of rotatable bonds is 4. The standard InChI is InChI=1S/C15H23N3O3/c1-2-8-17-11-7-13(19)18(15(17)21)12-14(20)16-9-5-3-4-6-10-16/h7,11H,2-6,8-10,12H2,1H3. The van der Waals surface area contributed by atoms with Gasteiger partial charge in [-0.25, -0.2) is 4.79 Å². The molecule has 1 aliphatic rings. The first-order valence-electron chi connectivity index (χ1n) is 7.71. The van der Waals surface area contributed by atoms with Crippen LogP contribution >= 0.6 is 0 Å². The maximum absolute atomic E-state index is 12.3. The van der Waals surface area contributed by atoms with E-state index < -0.39 is 11.2 Å². The molecule has 1 saturated heterocycles. The average molecular weight is 293 g/mol. The summed E-state index contributed by atoms with van der Waals surface area (Å²) in [5.41, 5.74) is -0.803. The van der Waals surface area contributed by atoms with Crippen molar-refractivity contribution in [1.29, 1.82) is 0 Å². The molecule has 0 aromatic carbocycles. The molecule has 1 aromatic rings. The summed E-state index contributed by atoms with van der Waals surface area (Å²) in [5, 5.41) is 0. The molecule has 0 spiro atoms. The van der Waals surface area contributed by atoms with E-state index in [0.29, 0.717) is 6.54 Å². The smallest absolute Gasteiger partial charge is 0.331 e. The minimum absolute atomic E-state index is 0.134. The molecule has 1 fully saturated rings. The van der Waals surface area contributed by atoms with E-state index in [9.17, 15) is 14.4 Å². The third kappa shape index (κ3) is 3.83. The zero-order chi connectivity index (χ0) is 15.2. The first kappa shape index (κ1) is 15.5. The van der Waals surface area contributed by atoms with Crippen LogP contribution in [-0.4, -0.2) is 33.0 Å². The van der Waals surface area contributed by atoms with Gasteiger partial charge in [0.1, 0.15) is 6.54 Å². The number of carbonyl (C=O) groups is 1. The molecule has 0 bridgehead atoms. The second-order valence-corrected chi connectivity index (χ2v) is 5.51. The highest BCUT2D eigenvalue weighted by Crippen LogP contribution is 2.09. The summed E-state index contributed by atoms with van der Waals surface area (Å²) in [6, 6.07) is 1.35. The molecule has 116 valence electrons. The Kier molecular flexibility index (Phi) is 5.36. The third-order valence-electron chi connectivity index (χ3n) is 3.86. The van der Waals surface area contributed by atoms with E-state index in [1.807, 2.05) is 6.92 Å². The van der Waals surface area contributed by atoms with Crippen molar-refractivity contribution in [2.45, 2.75) is 52.1 Å². The lowest BCUT2D eigenvalue weighted by atomic mass is 10.2. The lowest BCUT2D eigenvalue weighted by Gasteiger charge is -2.20. The molecule has 6 nitrogen and oxygen atoms in total. The van der Waals surface area contributed by atoms with Gasteiger partial charge in [0.05, 0.1) is 0 Å². The normalized spacial score (nSPS) is 15.8. The van der Waals surface area contributed by atoms with Crippen LogP contribution in [0.25, 0.3) is 0 Å². The van der Waals surface area contributed by atoms with Crippen molar-refractivity contribution in [1.82, 2.24) is 14.0 Å². The Morgan fingerprint density at radius 3 is 2.43 bits per heavy atom. The fourth-order valence-corrected chi connectivity index (χ4v) is 2.67. The summed E-state index contributed by atoms with van der Waals surface area (Å²) in [7, 11) is 0. The van der Waals surface area contributed by atoms with Crippen LogP contribution < -0.4 is 11.2 Å².